The summed E-state index contributed by atoms with van der Waals surface area (Å²) in [6.45, 7) is 0.476. The number of amides is 1. The number of benzene rings is 2. The quantitative estimate of drug-likeness (QED) is 0.673. The normalized spacial score (nSPS) is 10.2. The second-order valence-corrected chi connectivity index (χ2v) is 5.99. The van der Waals surface area contributed by atoms with E-state index >= 15 is 0 Å². The predicted molar refractivity (Wildman–Crippen MR) is 106 cm³/mol. The Morgan fingerprint density at radius 2 is 1.46 bits per heavy atom. The molecule has 0 aromatic heterocycles. The summed E-state index contributed by atoms with van der Waals surface area (Å²) in [5, 5.41) is 2.92. The van der Waals surface area contributed by atoms with E-state index in [1.54, 1.807) is 53.7 Å². The van der Waals surface area contributed by atoms with Crippen LogP contribution in [0.1, 0.15) is 11.1 Å². The molecule has 0 heterocycles. The van der Waals surface area contributed by atoms with Crippen LogP contribution in [0.2, 0.25) is 0 Å². The van der Waals surface area contributed by atoms with Gasteiger partial charge in [-0.05, 0) is 42.3 Å². The van der Waals surface area contributed by atoms with E-state index in [4.69, 9.17) is 23.7 Å². The molecule has 0 aliphatic rings. The van der Waals surface area contributed by atoms with Crippen molar-refractivity contribution in [3.8, 4) is 28.7 Å². The van der Waals surface area contributed by atoms with Crippen molar-refractivity contribution in [3.63, 3.8) is 0 Å². The van der Waals surface area contributed by atoms with Crippen LogP contribution in [0.15, 0.2) is 30.3 Å². The summed E-state index contributed by atoms with van der Waals surface area (Å²) in [4.78, 5) is 12.3. The van der Waals surface area contributed by atoms with Gasteiger partial charge in [0.25, 0.3) is 0 Å². The minimum absolute atomic E-state index is 0.0982. The third-order valence-corrected chi connectivity index (χ3v) is 4.30. The SMILES string of the molecule is COc1ccc(OC)c(CC(=O)NCCc2cc(OC)c(OC)c(OC)c2)c1. The number of hydrogen-bond donors (Lipinski definition) is 1. The lowest BCUT2D eigenvalue weighted by molar-refractivity contribution is -0.120. The maximum atomic E-state index is 12.3. The van der Waals surface area contributed by atoms with Crippen molar-refractivity contribution in [2.45, 2.75) is 12.8 Å². The molecule has 0 saturated carbocycles. The van der Waals surface area contributed by atoms with Crippen LogP contribution in [0.3, 0.4) is 0 Å². The molecule has 7 nitrogen and oxygen atoms in total. The molecule has 1 amide bonds. The molecule has 0 atom stereocenters. The number of hydrogen-bond acceptors (Lipinski definition) is 6. The molecule has 1 N–H and O–H groups in total. The Bertz CT molecular complexity index is 780. The molecule has 2 aromatic carbocycles. The summed E-state index contributed by atoms with van der Waals surface area (Å²) in [7, 11) is 7.87. The first-order valence-corrected chi connectivity index (χ1v) is 8.82. The van der Waals surface area contributed by atoms with Crippen molar-refractivity contribution in [1.82, 2.24) is 5.32 Å². The van der Waals surface area contributed by atoms with Crippen molar-refractivity contribution in [1.29, 1.82) is 0 Å². The fraction of sp³-hybridized carbons (Fsp3) is 0.381. The van der Waals surface area contributed by atoms with E-state index in [9.17, 15) is 4.79 Å². The topological polar surface area (TPSA) is 75.3 Å². The zero-order valence-electron chi connectivity index (χ0n) is 17.0. The first-order valence-electron chi connectivity index (χ1n) is 8.82. The molecule has 0 bridgehead atoms. The van der Waals surface area contributed by atoms with Crippen LogP contribution in [0.4, 0.5) is 0 Å². The molecule has 2 aromatic rings. The zero-order chi connectivity index (χ0) is 20.5. The molecule has 0 aliphatic carbocycles. The zero-order valence-corrected chi connectivity index (χ0v) is 17.0. The largest absolute Gasteiger partial charge is 0.497 e. The van der Waals surface area contributed by atoms with Crippen LogP contribution in [0.25, 0.3) is 0 Å². The minimum atomic E-state index is -0.0982. The van der Waals surface area contributed by atoms with Gasteiger partial charge in [-0.3, -0.25) is 4.79 Å². The second-order valence-electron chi connectivity index (χ2n) is 5.99. The highest BCUT2D eigenvalue weighted by molar-refractivity contribution is 5.79. The van der Waals surface area contributed by atoms with Gasteiger partial charge in [0, 0.05) is 12.1 Å². The Morgan fingerprint density at radius 3 is 2.00 bits per heavy atom. The maximum Gasteiger partial charge on any atom is 0.224 e. The highest BCUT2D eigenvalue weighted by Gasteiger charge is 2.14. The fourth-order valence-corrected chi connectivity index (χ4v) is 2.88. The average Bonchev–Trinajstić information content (AvgIpc) is 2.72. The van der Waals surface area contributed by atoms with E-state index < -0.39 is 0 Å². The van der Waals surface area contributed by atoms with Gasteiger partial charge in [0.15, 0.2) is 11.5 Å². The van der Waals surface area contributed by atoms with Crippen molar-refractivity contribution in [3.05, 3.63) is 41.5 Å². The molecule has 152 valence electrons. The van der Waals surface area contributed by atoms with Gasteiger partial charge in [-0.1, -0.05) is 0 Å². The second kappa shape index (κ2) is 10.3. The van der Waals surface area contributed by atoms with Crippen LogP contribution in [-0.4, -0.2) is 48.0 Å². The van der Waals surface area contributed by atoms with Crippen molar-refractivity contribution < 1.29 is 28.5 Å². The molecule has 2 rings (SSSR count). The molecule has 0 aliphatic heterocycles. The van der Waals surface area contributed by atoms with Gasteiger partial charge in [-0.25, -0.2) is 0 Å². The van der Waals surface area contributed by atoms with Crippen LogP contribution in [-0.2, 0) is 17.6 Å². The molecule has 0 saturated heterocycles. The number of nitrogens with one attached hydrogen (secondary N) is 1. The summed E-state index contributed by atoms with van der Waals surface area (Å²) >= 11 is 0. The lowest BCUT2D eigenvalue weighted by atomic mass is 10.1. The summed E-state index contributed by atoms with van der Waals surface area (Å²) in [5.74, 6) is 2.96. The van der Waals surface area contributed by atoms with Gasteiger partial charge < -0.3 is 29.0 Å². The Morgan fingerprint density at radius 1 is 0.821 bits per heavy atom. The van der Waals surface area contributed by atoms with E-state index in [0.29, 0.717) is 41.7 Å². The molecule has 0 unspecified atom stereocenters. The van der Waals surface area contributed by atoms with Crippen molar-refractivity contribution >= 4 is 5.91 Å². The van der Waals surface area contributed by atoms with Crippen molar-refractivity contribution in [2.75, 3.05) is 42.1 Å². The maximum absolute atomic E-state index is 12.3. The number of methoxy groups -OCH3 is 5. The molecule has 0 radical (unpaired) electrons. The molecular formula is C21H27NO6. The Balaban J connectivity index is 1.99. The van der Waals surface area contributed by atoms with E-state index in [0.717, 1.165) is 11.1 Å². The summed E-state index contributed by atoms with van der Waals surface area (Å²) in [5.41, 5.74) is 1.74. The van der Waals surface area contributed by atoms with Crippen molar-refractivity contribution in [2.24, 2.45) is 0 Å². The Labute approximate surface area is 165 Å². The van der Waals surface area contributed by atoms with Gasteiger partial charge >= 0.3 is 0 Å². The fourth-order valence-electron chi connectivity index (χ4n) is 2.88. The van der Waals surface area contributed by atoms with Crippen LogP contribution >= 0.6 is 0 Å². The number of carbonyl (C=O) groups excluding carboxylic acids is 1. The molecule has 0 spiro atoms. The first kappa shape index (κ1) is 21.2. The van der Waals surface area contributed by atoms with Crippen LogP contribution < -0.4 is 29.0 Å². The smallest absolute Gasteiger partial charge is 0.224 e. The Kier molecular flexibility index (Phi) is 7.80. The summed E-state index contributed by atoms with van der Waals surface area (Å²) in [6.07, 6.45) is 0.827. The Hall–Kier alpha value is -3.09. The lowest BCUT2D eigenvalue weighted by Crippen LogP contribution is -2.27. The van der Waals surface area contributed by atoms with Crippen LogP contribution in [0.5, 0.6) is 28.7 Å². The standard InChI is InChI=1S/C21H27NO6/c1-24-16-6-7-17(25-2)15(12-16)13-20(23)22-9-8-14-10-18(26-3)21(28-5)19(11-14)27-4/h6-7,10-12H,8-9,13H2,1-5H3,(H,22,23). The molecule has 7 heteroatoms. The highest BCUT2D eigenvalue weighted by atomic mass is 16.5. The van der Waals surface area contributed by atoms with Gasteiger partial charge in [-0.2, -0.15) is 0 Å². The third-order valence-electron chi connectivity index (χ3n) is 4.30. The minimum Gasteiger partial charge on any atom is -0.497 e. The summed E-state index contributed by atoms with van der Waals surface area (Å²) < 4.78 is 26.6. The highest BCUT2D eigenvalue weighted by Crippen LogP contribution is 2.38. The summed E-state index contributed by atoms with van der Waals surface area (Å²) in [6, 6.07) is 9.14. The number of rotatable bonds is 10. The van der Waals surface area contributed by atoms with Gasteiger partial charge in [-0.15, -0.1) is 0 Å². The number of ether oxygens (including phenoxy) is 5. The van der Waals surface area contributed by atoms with Gasteiger partial charge in [0.1, 0.15) is 11.5 Å². The molecule has 0 fully saturated rings. The first-order chi connectivity index (χ1) is 13.6. The van der Waals surface area contributed by atoms with Gasteiger partial charge in [0.05, 0.1) is 42.0 Å². The third kappa shape index (κ3) is 5.22. The average molecular weight is 389 g/mol. The molecular weight excluding hydrogens is 362 g/mol. The monoisotopic (exact) mass is 389 g/mol. The van der Waals surface area contributed by atoms with E-state index in [-0.39, 0.29) is 12.3 Å². The van der Waals surface area contributed by atoms with Crippen LogP contribution in [0, 0.1) is 0 Å². The number of carbonyl (C=O) groups is 1. The predicted octanol–water partition coefficient (Wildman–Crippen LogP) is 2.63. The van der Waals surface area contributed by atoms with E-state index in [1.807, 2.05) is 12.1 Å². The van der Waals surface area contributed by atoms with E-state index in [1.165, 1.54) is 0 Å². The lowest BCUT2D eigenvalue weighted by Gasteiger charge is -2.14. The van der Waals surface area contributed by atoms with Gasteiger partial charge in [0.2, 0.25) is 11.7 Å². The van der Waals surface area contributed by atoms with E-state index in [2.05, 4.69) is 5.32 Å². The molecule has 28 heavy (non-hydrogen) atoms.